The zero-order chi connectivity index (χ0) is 17.6. The summed E-state index contributed by atoms with van der Waals surface area (Å²) in [6.45, 7) is 14.0. The van der Waals surface area contributed by atoms with E-state index in [4.69, 9.17) is 4.99 Å². The zero-order valence-electron chi connectivity index (χ0n) is 15.3. The normalized spacial score (nSPS) is 24.7. The fraction of sp³-hybridized carbons (Fsp3) is 0.579. The molecule has 1 aliphatic heterocycles. The van der Waals surface area contributed by atoms with E-state index in [1.54, 1.807) is 17.9 Å². The molecule has 0 aromatic heterocycles. The first kappa shape index (κ1) is 17.5. The van der Waals surface area contributed by atoms with E-state index >= 15 is 0 Å². The third kappa shape index (κ3) is 2.87. The Hall–Kier alpha value is -1.84. The Morgan fingerprint density at radius 3 is 2.43 bits per heavy atom. The maximum atomic E-state index is 12.3. The van der Waals surface area contributed by atoms with Gasteiger partial charge >= 0.3 is 0 Å². The molecule has 1 aliphatic rings. The Labute approximate surface area is 139 Å². The van der Waals surface area contributed by atoms with Crippen molar-refractivity contribution in [1.82, 2.24) is 4.90 Å². The largest absolute Gasteiger partial charge is 0.507 e. The molecule has 1 heterocycles. The van der Waals surface area contributed by atoms with Crippen molar-refractivity contribution < 1.29 is 9.90 Å². The molecule has 23 heavy (non-hydrogen) atoms. The van der Waals surface area contributed by atoms with Gasteiger partial charge in [0.2, 0.25) is 5.91 Å². The minimum atomic E-state index is -0.351. The molecular formula is C19H28N2O2. The molecule has 0 saturated carbocycles. The fourth-order valence-electron chi connectivity index (χ4n) is 3.15. The average Bonchev–Trinajstić information content (AvgIpc) is 2.70. The maximum Gasteiger partial charge on any atom is 0.225 e. The smallest absolute Gasteiger partial charge is 0.225 e. The minimum Gasteiger partial charge on any atom is -0.507 e. The van der Waals surface area contributed by atoms with Crippen LogP contribution in [0, 0.1) is 0 Å². The second-order valence-electron chi connectivity index (χ2n) is 7.68. The minimum absolute atomic E-state index is 0.00640. The van der Waals surface area contributed by atoms with Crippen LogP contribution in [0.25, 0.3) is 0 Å². The topological polar surface area (TPSA) is 52.9 Å². The van der Waals surface area contributed by atoms with Gasteiger partial charge in [-0.3, -0.25) is 14.7 Å². The fourth-order valence-corrected chi connectivity index (χ4v) is 3.15. The summed E-state index contributed by atoms with van der Waals surface area (Å²) in [5, 5.41) is 10.5. The van der Waals surface area contributed by atoms with Crippen LogP contribution in [-0.4, -0.2) is 33.3 Å². The first-order chi connectivity index (χ1) is 10.5. The number of amidine groups is 1. The molecule has 2 atom stereocenters. The summed E-state index contributed by atoms with van der Waals surface area (Å²) in [6, 6.07) is 5.65. The maximum absolute atomic E-state index is 12.3. The van der Waals surface area contributed by atoms with Gasteiger partial charge in [0, 0.05) is 6.92 Å². The Balaban J connectivity index is 2.53. The van der Waals surface area contributed by atoms with E-state index in [1.807, 2.05) is 19.1 Å². The van der Waals surface area contributed by atoms with Gasteiger partial charge in [0.25, 0.3) is 0 Å². The van der Waals surface area contributed by atoms with Crippen molar-refractivity contribution in [1.29, 1.82) is 0 Å². The molecule has 0 unspecified atom stereocenters. The SMILES string of the molecule is CC[C@]1(C)[C@@H](C)N=C(c2ccc(C(C)(C)C)cc2O)N1C(C)=O. The van der Waals surface area contributed by atoms with Crippen LogP contribution in [0.1, 0.15) is 66.0 Å². The third-order valence-electron chi connectivity index (χ3n) is 5.07. The second kappa shape index (κ2) is 5.66. The predicted molar refractivity (Wildman–Crippen MR) is 94.0 cm³/mol. The molecule has 4 nitrogen and oxygen atoms in total. The van der Waals surface area contributed by atoms with E-state index in [0.29, 0.717) is 11.4 Å². The number of carbonyl (C=O) groups is 1. The van der Waals surface area contributed by atoms with E-state index in [2.05, 4.69) is 34.6 Å². The van der Waals surface area contributed by atoms with Gasteiger partial charge in [-0.15, -0.1) is 0 Å². The molecule has 0 saturated heterocycles. The van der Waals surface area contributed by atoms with Crippen molar-refractivity contribution >= 4 is 11.7 Å². The van der Waals surface area contributed by atoms with Gasteiger partial charge in [-0.2, -0.15) is 0 Å². The molecule has 2 rings (SSSR count). The van der Waals surface area contributed by atoms with Crippen molar-refractivity contribution in [2.45, 2.75) is 71.9 Å². The number of rotatable bonds is 2. The highest BCUT2D eigenvalue weighted by Gasteiger charge is 2.46. The summed E-state index contributed by atoms with van der Waals surface area (Å²) in [5.74, 6) is 0.707. The van der Waals surface area contributed by atoms with E-state index in [1.165, 1.54) is 0 Å². The highest BCUT2D eigenvalue weighted by molar-refractivity contribution is 6.11. The number of phenols is 1. The molecule has 1 amide bonds. The molecule has 0 radical (unpaired) electrons. The lowest BCUT2D eigenvalue weighted by molar-refractivity contribution is -0.128. The highest BCUT2D eigenvalue weighted by atomic mass is 16.3. The van der Waals surface area contributed by atoms with Crippen molar-refractivity contribution in [3.05, 3.63) is 29.3 Å². The van der Waals surface area contributed by atoms with Crippen LogP contribution in [0.4, 0.5) is 0 Å². The van der Waals surface area contributed by atoms with Crippen LogP contribution in [-0.2, 0) is 10.2 Å². The molecule has 0 aliphatic carbocycles. The highest BCUT2D eigenvalue weighted by Crippen LogP contribution is 2.37. The lowest BCUT2D eigenvalue weighted by Gasteiger charge is -2.37. The quantitative estimate of drug-likeness (QED) is 0.901. The molecule has 1 N–H and O–H groups in total. The standard InChI is InChI=1S/C19H28N2O2/c1-8-19(7)12(2)20-17(21(19)13(3)22)15-10-9-14(11-16(15)23)18(4,5)6/h9-12,23H,8H2,1-7H3/t12-,19-/m1/s1. The molecule has 0 bridgehead atoms. The number of nitrogens with zero attached hydrogens (tertiary/aromatic N) is 2. The van der Waals surface area contributed by atoms with Crippen LogP contribution in [0.2, 0.25) is 0 Å². The summed E-state index contributed by atoms with van der Waals surface area (Å²) in [6.07, 6.45) is 0.807. The van der Waals surface area contributed by atoms with Crippen molar-refractivity contribution in [2.24, 2.45) is 4.99 Å². The summed E-state index contributed by atoms with van der Waals surface area (Å²) in [7, 11) is 0. The molecule has 0 fully saturated rings. The van der Waals surface area contributed by atoms with Gasteiger partial charge in [-0.1, -0.05) is 33.8 Å². The number of aliphatic imine (C=N–C) groups is 1. The van der Waals surface area contributed by atoms with Gasteiger partial charge in [0.1, 0.15) is 11.6 Å². The Morgan fingerprint density at radius 1 is 1.39 bits per heavy atom. The van der Waals surface area contributed by atoms with E-state index < -0.39 is 0 Å². The zero-order valence-corrected chi connectivity index (χ0v) is 15.3. The number of hydrogen-bond donors (Lipinski definition) is 1. The third-order valence-corrected chi connectivity index (χ3v) is 5.07. The van der Waals surface area contributed by atoms with Crippen molar-refractivity contribution in [3.8, 4) is 5.75 Å². The number of carbonyl (C=O) groups excluding carboxylic acids is 1. The Kier molecular flexibility index (Phi) is 4.31. The van der Waals surface area contributed by atoms with Gasteiger partial charge < -0.3 is 5.11 Å². The van der Waals surface area contributed by atoms with Crippen LogP contribution in [0.15, 0.2) is 23.2 Å². The first-order valence-electron chi connectivity index (χ1n) is 8.25. The Morgan fingerprint density at radius 2 is 2.00 bits per heavy atom. The summed E-state index contributed by atoms with van der Waals surface area (Å²) in [5.41, 5.74) is 1.28. The lowest BCUT2D eigenvalue weighted by atomic mass is 9.86. The van der Waals surface area contributed by atoms with E-state index in [0.717, 1.165) is 12.0 Å². The van der Waals surface area contributed by atoms with Gasteiger partial charge in [-0.25, -0.2) is 0 Å². The lowest BCUT2D eigenvalue weighted by Crippen LogP contribution is -2.52. The molecule has 1 aromatic carbocycles. The van der Waals surface area contributed by atoms with Crippen LogP contribution in [0.5, 0.6) is 5.75 Å². The van der Waals surface area contributed by atoms with Gasteiger partial charge in [-0.05, 0) is 43.4 Å². The van der Waals surface area contributed by atoms with Crippen molar-refractivity contribution in [3.63, 3.8) is 0 Å². The number of benzene rings is 1. The number of aromatic hydroxyl groups is 1. The summed E-state index contributed by atoms with van der Waals surface area (Å²) >= 11 is 0. The van der Waals surface area contributed by atoms with Crippen LogP contribution in [0.3, 0.4) is 0 Å². The van der Waals surface area contributed by atoms with E-state index in [9.17, 15) is 9.90 Å². The molecular weight excluding hydrogens is 288 g/mol. The summed E-state index contributed by atoms with van der Waals surface area (Å²) < 4.78 is 0. The number of hydrogen-bond acceptors (Lipinski definition) is 3. The van der Waals surface area contributed by atoms with Gasteiger partial charge in [0.05, 0.1) is 17.1 Å². The van der Waals surface area contributed by atoms with E-state index in [-0.39, 0.29) is 28.7 Å². The molecule has 0 spiro atoms. The summed E-state index contributed by atoms with van der Waals surface area (Å²) in [4.78, 5) is 18.7. The second-order valence-corrected chi connectivity index (χ2v) is 7.68. The molecule has 4 heteroatoms. The van der Waals surface area contributed by atoms with Crippen LogP contribution < -0.4 is 0 Å². The first-order valence-corrected chi connectivity index (χ1v) is 8.25. The number of amides is 1. The van der Waals surface area contributed by atoms with Crippen molar-refractivity contribution in [2.75, 3.05) is 0 Å². The Bertz CT molecular complexity index is 658. The van der Waals surface area contributed by atoms with Crippen LogP contribution >= 0.6 is 0 Å². The molecule has 126 valence electrons. The van der Waals surface area contributed by atoms with Gasteiger partial charge in [0.15, 0.2) is 0 Å². The predicted octanol–water partition coefficient (Wildman–Crippen LogP) is 3.86. The monoisotopic (exact) mass is 316 g/mol. The molecule has 1 aromatic rings. The number of phenolic OH excluding ortho intramolecular Hbond substituents is 1. The average molecular weight is 316 g/mol.